The molecule has 2 aromatic rings. The highest BCUT2D eigenvalue weighted by Crippen LogP contribution is 2.35. The molecule has 11 heteroatoms. The smallest absolute Gasteiger partial charge is 0.405 e. The molecule has 1 aliphatic carbocycles. The standard InChI is InChI=1S/C23H29F4N5O2/c1-12-5-17(19-31-32-20(34-19)29-14-8-22(33,9-14)10-24)30-18-15(12)6-13(28-11-23(25,26)27)7-16(18)21(2,3)4/h5-7,14,20,28-29,32-33H,8-11H2,1-4H3. The summed E-state index contributed by atoms with van der Waals surface area (Å²) in [6.45, 7) is 5.87. The number of benzene rings is 1. The van der Waals surface area contributed by atoms with Gasteiger partial charge in [-0.05, 0) is 54.5 Å². The molecule has 1 aromatic heterocycles. The van der Waals surface area contributed by atoms with Gasteiger partial charge in [-0.25, -0.2) is 9.37 Å². The van der Waals surface area contributed by atoms with E-state index >= 15 is 0 Å². The van der Waals surface area contributed by atoms with Crippen LogP contribution < -0.4 is 16.1 Å². The van der Waals surface area contributed by atoms with Crippen molar-refractivity contribution in [3.8, 4) is 0 Å². The number of rotatable bonds is 6. The third kappa shape index (κ3) is 5.20. The SMILES string of the molecule is Cc1cc(C2=NNC(NC3CC(O)(CF)C3)O2)nc2c(C(C)(C)C)cc(NCC(F)(F)F)cc12. The highest BCUT2D eigenvalue weighted by Gasteiger charge is 2.44. The Morgan fingerprint density at radius 2 is 1.91 bits per heavy atom. The van der Waals surface area contributed by atoms with Crippen LogP contribution in [0, 0.1) is 6.92 Å². The number of halogens is 4. The molecule has 7 nitrogen and oxygen atoms in total. The van der Waals surface area contributed by atoms with Crippen LogP contribution in [0.4, 0.5) is 23.2 Å². The van der Waals surface area contributed by atoms with Crippen molar-refractivity contribution in [3.05, 3.63) is 35.0 Å². The largest absolute Gasteiger partial charge is 0.436 e. The number of hydrogen-bond acceptors (Lipinski definition) is 7. The minimum absolute atomic E-state index is 0.103. The Morgan fingerprint density at radius 1 is 1.21 bits per heavy atom. The molecule has 186 valence electrons. The van der Waals surface area contributed by atoms with Crippen molar-refractivity contribution in [2.75, 3.05) is 18.5 Å². The first kappa shape index (κ1) is 24.5. The van der Waals surface area contributed by atoms with Crippen LogP contribution in [0.2, 0.25) is 0 Å². The predicted octanol–water partition coefficient (Wildman–Crippen LogP) is 3.83. The molecule has 0 amide bonds. The minimum atomic E-state index is -4.33. The number of aromatic nitrogens is 1. The van der Waals surface area contributed by atoms with Gasteiger partial charge >= 0.3 is 6.18 Å². The van der Waals surface area contributed by atoms with E-state index in [1.165, 1.54) is 0 Å². The van der Waals surface area contributed by atoms with Crippen molar-refractivity contribution >= 4 is 22.5 Å². The van der Waals surface area contributed by atoms with Crippen molar-refractivity contribution in [1.29, 1.82) is 0 Å². The van der Waals surface area contributed by atoms with Crippen molar-refractivity contribution in [2.24, 2.45) is 5.10 Å². The summed E-state index contributed by atoms with van der Waals surface area (Å²) in [7, 11) is 0. The van der Waals surface area contributed by atoms with Gasteiger partial charge in [-0.15, -0.1) is 5.10 Å². The molecular weight excluding hydrogens is 454 g/mol. The Balaban J connectivity index is 1.58. The van der Waals surface area contributed by atoms with Crippen molar-refractivity contribution in [3.63, 3.8) is 0 Å². The third-order valence-electron chi connectivity index (χ3n) is 6.04. The van der Waals surface area contributed by atoms with E-state index in [2.05, 4.69) is 21.2 Å². The summed E-state index contributed by atoms with van der Waals surface area (Å²) < 4.78 is 56.9. The topological polar surface area (TPSA) is 90.8 Å². The number of nitrogens with one attached hydrogen (secondary N) is 3. The van der Waals surface area contributed by atoms with Crippen LogP contribution in [0.15, 0.2) is 23.3 Å². The van der Waals surface area contributed by atoms with Crippen LogP contribution >= 0.6 is 0 Å². The van der Waals surface area contributed by atoms with Gasteiger partial charge in [0.2, 0.25) is 6.35 Å². The first-order valence-corrected chi connectivity index (χ1v) is 11.1. The van der Waals surface area contributed by atoms with Gasteiger partial charge in [0, 0.05) is 17.1 Å². The molecular formula is C23H29F4N5O2. The summed E-state index contributed by atoms with van der Waals surface area (Å²) in [5.41, 5.74) is 4.30. The molecule has 2 heterocycles. The van der Waals surface area contributed by atoms with Crippen molar-refractivity contribution in [2.45, 2.75) is 70.1 Å². The lowest BCUT2D eigenvalue weighted by molar-refractivity contribution is -0.115. The predicted molar refractivity (Wildman–Crippen MR) is 121 cm³/mol. The monoisotopic (exact) mass is 483 g/mol. The van der Waals surface area contributed by atoms with Crippen LogP contribution in [-0.4, -0.2) is 53.4 Å². The number of aryl methyl sites for hydroxylation is 1. The van der Waals surface area contributed by atoms with Gasteiger partial charge in [0.15, 0.2) is 0 Å². The zero-order chi connectivity index (χ0) is 24.9. The van der Waals surface area contributed by atoms with Crippen LogP contribution in [0.3, 0.4) is 0 Å². The molecule has 0 radical (unpaired) electrons. The van der Waals surface area contributed by atoms with Gasteiger partial charge in [0.05, 0.1) is 11.1 Å². The van der Waals surface area contributed by atoms with Crippen molar-refractivity contribution < 1.29 is 27.4 Å². The number of aliphatic hydroxyl groups is 1. The number of anilines is 1. The number of alkyl halides is 4. The molecule has 4 rings (SSSR count). The number of hydrogen-bond donors (Lipinski definition) is 4. The molecule has 1 aliphatic heterocycles. The Hall–Kier alpha value is -2.66. The van der Waals surface area contributed by atoms with E-state index in [1.54, 1.807) is 18.2 Å². The Labute approximate surface area is 195 Å². The summed E-state index contributed by atoms with van der Waals surface area (Å²) >= 11 is 0. The van der Waals surface area contributed by atoms with Gasteiger partial charge in [0.1, 0.15) is 18.9 Å². The summed E-state index contributed by atoms with van der Waals surface area (Å²) in [5, 5.41) is 20.4. The fourth-order valence-electron chi connectivity index (χ4n) is 4.25. The highest BCUT2D eigenvalue weighted by atomic mass is 19.4. The second-order valence-corrected chi connectivity index (χ2v) is 10.1. The van der Waals surface area contributed by atoms with E-state index < -0.39 is 31.3 Å². The van der Waals surface area contributed by atoms with E-state index in [-0.39, 0.29) is 30.2 Å². The average Bonchev–Trinajstić information content (AvgIpc) is 3.18. The molecule has 2 aliphatic rings. The maximum atomic E-state index is 12.8. The van der Waals surface area contributed by atoms with E-state index in [0.717, 1.165) is 16.5 Å². The van der Waals surface area contributed by atoms with Crippen LogP contribution in [0.1, 0.15) is 50.4 Å². The van der Waals surface area contributed by atoms with Gasteiger partial charge < -0.3 is 15.2 Å². The maximum absolute atomic E-state index is 12.8. The summed E-state index contributed by atoms with van der Waals surface area (Å²) in [5.74, 6) is 0.265. The second-order valence-electron chi connectivity index (χ2n) is 10.1. The zero-order valence-electron chi connectivity index (χ0n) is 19.5. The number of pyridine rings is 1. The molecule has 1 aromatic carbocycles. The second kappa shape index (κ2) is 8.53. The van der Waals surface area contributed by atoms with Crippen LogP contribution in [0.25, 0.3) is 10.9 Å². The minimum Gasteiger partial charge on any atom is -0.436 e. The first-order valence-electron chi connectivity index (χ1n) is 11.1. The highest BCUT2D eigenvalue weighted by molar-refractivity contribution is 5.98. The maximum Gasteiger partial charge on any atom is 0.405 e. The van der Waals surface area contributed by atoms with Crippen LogP contribution in [-0.2, 0) is 10.2 Å². The molecule has 0 bridgehead atoms. The van der Waals surface area contributed by atoms with E-state index in [0.29, 0.717) is 16.9 Å². The van der Waals surface area contributed by atoms with Gasteiger partial charge in [0.25, 0.3) is 5.90 Å². The van der Waals surface area contributed by atoms with Gasteiger partial charge in [-0.1, -0.05) is 20.8 Å². The lowest BCUT2D eigenvalue weighted by Crippen LogP contribution is -2.59. The van der Waals surface area contributed by atoms with Gasteiger partial charge in [-0.2, -0.15) is 13.2 Å². The first-order chi connectivity index (χ1) is 15.8. The van der Waals surface area contributed by atoms with E-state index in [4.69, 9.17) is 9.72 Å². The Bertz CT molecular complexity index is 1110. The summed E-state index contributed by atoms with van der Waals surface area (Å²) in [6, 6.07) is 5.04. The summed E-state index contributed by atoms with van der Waals surface area (Å²) in [4.78, 5) is 4.76. The summed E-state index contributed by atoms with van der Waals surface area (Å²) in [6.07, 6.45) is -4.40. The number of nitrogens with zero attached hydrogens (tertiary/aromatic N) is 2. The molecule has 1 fully saturated rings. The Morgan fingerprint density at radius 3 is 2.53 bits per heavy atom. The average molecular weight is 484 g/mol. The lowest BCUT2D eigenvalue weighted by Gasteiger charge is -2.42. The van der Waals surface area contributed by atoms with E-state index in [1.807, 2.05) is 27.7 Å². The molecule has 1 unspecified atom stereocenters. The fourth-order valence-corrected chi connectivity index (χ4v) is 4.25. The van der Waals surface area contributed by atoms with Crippen LogP contribution in [0.5, 0.6) is 0 Å². The molecule has 4 N–H and O–H groups in total. The molecule has 1 saturated carbocycles. The normalized spacial score (nSPS) is 24.9. The molecule has 34 heavy (non-hydrogen) atoms. The molecule has 0 spiro atoms. The zero-order valence-corrected chi connectivity index (χ0v) is 19.5. The van der Waals surface area contributed by atoms with Gasteiger partial charge in [-0.3, -0.25) is 10.7 Å². The number of ether oxygens (including phenoxy) is 1. The third-order valence-corrected chi connectivity index (χ3v) is 6.04. The molecule has 0 saturated heterocycles. The van der Waals surface area contributed by atoms with Crippen molar-refractivity contribution in [1.82, 2.24) is 15.7 Å². The number of hydrazone groups is 1. The van der Waals surface area contributed by atoms with E-state index in [9.17, 15) is 22.7 Å². The fraction of sp³-hybridized carbons (Fsp3) is 0.565. The molecule has 1 atom stereocenters. The Kier molecular flexibility index (Phi) is 6.14. The quantitative estimate of drug-likeness (QED) is 0.467. The lowest BCUT2D eigenvalue weighted by atomic mass is 9.77. The number of fused-ring (bicyclic) bond motifs is 1.